The quantitative estimate of drug-likeness (QED) is 0.448. The molecule has 2 aromatic carbocycles. The summed E-state index contributed by atoms with van der Waals surface area (Å²) in [4.78, 5) is 25.2. The minimum atomic E-state index is -3.91. The molecule has 3 aromatic rings. The molecule has 0 radical (unpaired) electrons. The van der Waals surface area contributed by atoms with E-state index in [4.69, 9.17) is 4.74 Å². The molecule has 3 rings (SSSR count). The number of thiophene rings is 1. The Morgan fingerprint density at radius 3 is 2.45 bits per heavy atom. The molecule has 0 saturated heterocycles. The zero-order valence-electron chi connectivity index (χ0n) is 16.6. The Bertz CT molecular complexity index is 1140. The second-order valence-corrected chi connectivity index (χ2v) is 9.16. The number of anilines is 1. The SMILES string of the molecule is COc1ccc(NS(=O)(=O)c2cccc(C(=O)NNC(=O)CCc3cccs3)c2)cc1. The van der Waals surface area contributed by atoms with E-state index >= 15 is 0 Å². The summed E-state index contributed by atoms with van der Waals surface area (Å²) in [6.45, 7) is 0. The fourth-order valence-corrected chi connectivity index (χ4v) is 4.44. The predicted molar refractivity (Wildman–Crippen MR) is 118 cm³/mol. The Morgan fingerprint density at radius 1 is 1.00 bits per heavy atom. The van der Waals surface area contributed by atoms with Gasteiger partial charge in [0.05, 0.1) is 12.0 Å². The van der Waals surface area contributed by atoms with Gasteiger partial charge in [-0.05, 0) is 60.3 Å². The molecule has 10 heteroatoms. The molecule has 0 atom stereocenters. The molecular weight excluding hydrogens is 438 g/mol. The first-order chi connectivity index (χ1) is 14.9. The highest BCUT2D eigenvalue weighted by Gasteiger charge is 2.17. The maximum Gasteiger partial charge on any atom is 0.269 e. The van der Waals surface area contributed by atoms with E-state index in [1.807, 2.05) is 17.5 Å². The van der Waals surface area contributed by atoms with Gasteiger partial charge in [-0.2, -0.15) is 0 Å². The number of carbonyl (C=O) groups is 2. The molecule has 0 saturated carbocycles. The van der Waals surface area contributed by atoms with Crippen LogP contribution in [0.3, 0.4) is 0 Å². The molecule has 8 nitrogen and oxygen atoms in total. The second kappa shape index (κ2) is 10.1. The first-order valence-electron chi connectivity index (χ1n) is 9.26. The largest absolute Gasteiger partial charge is 0.497 e. The van der Waals surface area contributed by atoms with Crippen LogP contribution in [0.25, 0.3) is 0 Å². The van der Waals surface area contributed by atoms with Gasteiger partial charge in [-0.1, -0.05) is 12.1 Å². The summed E-state index contributed by atoms with van der Waals surface area (Å²) in [7, 11) is -2.40. The van der Waals surface area contributed by atoms with Crippen LogP contribution >= 0.6 is 11.3 Å². The lowest BCUT2D eigenvalue weighted by atomic mass is 10.2. The van der Waals surface area contributed by atoms with Crippen LogP contribution in [0.1, 0.15) is 21.7 Å². The van der Waals surface area contributed by atoms with Crippen molar-refractivity contribution in [3.63, 3.8) is 0 Å². The topological polar surface area (TPSA) is 114 Å². The zero-order valence-corrected chi connectivity index (χ0v) is 18.3. The van der Waals surface area contributed by atoms with Crippen LogP contribution in [0.15, 0.2) is 70.9 Å². The zero-order chi connectivity index (χ0) is 22.3. The number of rotatable bonds is 8. The van der Waals surface area contributed by atoms with Crippen LogP contribution in [0, 0.1) is 0 Å². The van der Waals surface area contributed by atoms with Gasteiger partial charge in [0.15, 0.2) is 0 Å². The van der Waals surface area contributed by atoms with Gasteiger partial charge in [-0.15, -0.1) is 11.3 Å². The highest BCUT2D eigenvalue weighted by molar-refractivity contribution is 7.92. The van der Waals surface area contributed by atoms with Crippen molar-refractivity contribution in [1.29, 1.82) is 0 Å². The third kappa shape index (κ3) is 6.30. The average molecular weight is 460 g/mol. The number of aryl methyl sites for hydroxylation is 1. The maximum atomic E-state index is 12.7. The van der Waals surface area contributed by atoms with Crippen molar-refractivity contribution in [1.82, 2.24) is 10.9 Å². The summed E-state index contributed by atoms with van der Waals surface area (Å²) in [5, 5.41) is 1.93. The Labute approximate surface area is 184 Å². The summed E-state index contributed by atoms with van der Waals surface area (Å²) < 4.78 is 32.8. The molecule has 3 N–H and O–H groups in total. The van der Waals surface area contributed by atoms with E-state index < -0.39 is 15.9 Å². The van der Waals surface area contributed by atoms with Crippen molar-refractivity contribution in [2.75, 3.05) is 11.8 Å². The number of nitrogens with one attached hydrogen (secondary N) is 3. The standard InChI is InChI=1S/C21H21N3O5S2/c1-29-17-9-7-16(8-10-17)24-31(27,28)19-6-2-4-15(14-19)21(26)23-22-20(25)12-11-18-5-3-13-30-18/h2-10,13-14,24H,11-12H2,1H3,(H,22,25)(H,23,26). The number of ether oxygens (including phenoxy) is 1. The van der Waals surface area contributed by atoms with Gasteiger partial charge >= 0.3 is 0 Å². The highest BCUT2D eigenvalue weighted by Crippen LogP contribution is 2.20. The molecule has 0 unspecified atom stereocenters. The van der Waals surface area contributed by atoms with E-state index in [1.54, 1.807) is 35.6 Å². The molecule has 0 aliphatic carbocycles. The van der Waals surface area contributed by atoms with Crippen molar-refractivity contribution < 1.29 is 22.7 Å². The summed E-state index contributed by atoms with van der Waals surface area (Å²) in [6, 6.07) is 15.8. The monoisotopic (exact) mass is 459 g/mol. The molecule has 162 valence electrons. The highest BCUT2D eigenvalue weighted by atomic mass is 32.2. The molecule has 0 aliphatic rings. The minimum Gasteiger partial charge on any atom is -0.497 e. The van der Waals surface area contributed by atoms with Gasteiger partial charge in [0.25, 0.3) is 15.9 Å². The Hall–Kier alpha value is -3.37. The molecule has 0 spiro atoms. The molecular formula is C21H21N3O5S2. The number of hydrazine groups is 1. The summed E-state index contributed by atoms with van der Waals surface area (Å²) >= 11 is 1.56. The van der Waals surface area contributed by atoms with E-state index in [0.29, 0.717) is 17.9 Å². The lowest BCUT2D eigenvalue weighted by Gasteiger charge is -2.11. The van der Waals surface area contributed by atoms with Crippen LogP contribution in [-0.2, 0) is 21.2 Å². The van der Waals surface area contributed by atoms with E-state index in [2.05, 4.69) is 15.6 Å². The van der Waals surface area contributed by atoms with Crippen LogP contribution in [0.4, 0.5) is 5.69 Å². The van der Waals surface area contributed by atoms with E-state index in [9.17, 15) is 18.0 Å². The number of methoxy groups -OCH3 is 1. The first kappa shape index (κ1) is 22.3. The number of carbonyl (C=O) groups excluding carboxylic acids is 2. The van der Waals surface area contributed by atoms with Crippen molar-refractivity contribution >= 4 is 38.9 Å². The molecule has 0 bridgehead atoms. The van der Waals surface area contributed by atoms with Crippen molar-refractivity contribution in [2.45, 2.75) is 17.7 Å². The Balaban J connectivity index is 1.60. The second-order valence-electron chi connectivity index (χ2n) is 6.44. The lowest BCUT2D eigenvalue weighted by molar-refractivity contribution is -0.121. The molecule has 0 aliphatic heterocycles. The van der Waals surface area contributed by atoms with Crippen LogP contribution in [0.5, 0.6) is 5.75 Å². The summed E-state index contributed by atoms with van der Waals surface area (Å²) in [5.41, 5.74) is 5.10. The minimum absolute atomic E-state index is 0.0833. The van der Waals surface area contributed by atoms with Gasteiger partial charge in [0.1, 0.15) is 5.75 Å². The number of sulfonamides is 1. The van der Waals surface area contributed by atoms with Gasteiger partial charge in [0.2, 0.25) is 5.91 Å². The molecule has 31 heavy (non-hydrogen) atoms. The Kier molecular flexibility index (Phi) is 7.27. The molecule has 0 fully saturated rings. The fourth-order valence-electron chi connectivity index (χ4n) is 2.63. The van der Waals surface area contributed by atoms with E-state index in [-0.39, 0.29) is 22.8 Å². The van der Waals surface area contributed by atoms with E-state index in [0.717, 1.165) is 4.88 Å². The molecule has 1 aromatic heterocycles. The first-order valence-corrected chi connectivity index (χ1v) is 11.6. The maximum absolute atomic E-state index is 12.7. The average Bonchev–Trinajstić information content (AvgIpc) is 3.30. The van der Waals surface area contributed by atoms with Gasteiger partial charge in [0, 0.05) is 22.5 Å². The normalized spacial score (nSPS) is 10.9. The number of hydrogen-bond acceptors (Lipinski definition) is 6. The van der Waals surface area contributed by atoms with E-state index in [1.165, 1.54) is 31.4 Å². The molecule has 1 heterocycles. The third-order valence-electron chi connectivity index (χ3n) is 4.24. The lowest BCUT2D eigenvalue weighted by Crippen LogP contribution is -2.41. The smallest absolute Gasteiger partial charge is 0.269 e. The van der Waals surface area contributed by atoms with Gasteiger partial charge in [-0.3, -0.25) is 25.2 Å². The van der Waals surface area contributed by atoms with Crippen LogP contribution in [0.2, 0.25) is 0 Å². The van der Waals surface area contributed by atoms with Crippen molar-refractivity contribution in [2.24, 2.45) is 0 Å². The summed E-state index contributed by atoms with van der Waals surface area (Å²) in [6.07, 6.45) is 0.797. The van der Waals surface area contributed by atoms with Crippen molar-refractivity contribution in [3.05, 3.63) is 76.5 Å². The predicted octanol–water partition coefficient (Wildman–Crippen LogP) is 2.95. The van der Waals surface area contributed by atoms with Crippen molar-refractivity contribution in [3.8, 4) is 5.75 Å². The Morgan fingerprint density at radius 2 is 1.77 bits per heavy atom. The van der Waals surface area contributed by atoms with Gasteiger partial charge in [-0.25, -0.2) is 8.42 Å². The summed E-state index contributed by atoms with van der Waals surface area (Å²) in [5.74, 6) is -0.364. The number of benzene rings is 2. The fraction of sp³-hybridized carbons (Fsp3) is 0.143. The van der Waals surface area contributed by atoms with Crippen LogP contribution < -0.4 is 20.3 Å². The number of amides is 2. The third-order valence-corrected chi connectivity index (χ3v) is 6.56. The number of hydrogen-bond donors (Lipinski definition) is 3. The van der Waals surface area contributed by atoms with Gasteiger partial charge < -0.3 is 4.74 Å². The van der Waals surface area contributed by atoms with Crippen LogP contribution in [-0.4, -0.2) is 27.3 Å². The molecule has 2 amide bonds.